The third-order valence-corrected chi connectivity index (χ3v) is 5.20. The van der Waals surface area contributed by atoms with Gasteiger partial charge in [-0.1, -0.05) is 31.9 Å². The number of nitrogens with one attached hydrogen (secondary N) is 1. The first-order valence-electron chi connectivity index (χ1n) is 9.65. The molecule has 0 radical (unpaired) electrons. The van der Waals surface area contributed by atoms with Gasteiger partial charge in [0, 0.05) is 17.5 Å². The molecule has 3 aromatic rings. The maximum atomic E-state index is 13.5. The molecule has 1 N–H and O–H groups in total. The summed E-state index contributed by atoms with van der Waals surface area (Å²) in [4.78, 5) is 4.41. The molecule has 0 spiro atoms. The molecule has 0 aliphatic rings. The standard InChI is InChI=1S/C22H22F4N2OS/c1-2-3-4-11-29-20-10-9-17(13-19(20)22(24,25)26)27-21-28-18(14-30-21)12-15-5-7-16(23)8-6-15/h5-10,13-14H,2-4,11-12H2,1H3,(H,27,28). The molecule has 0 unspecified atom stereocenters. The Hall–Kier alpha value is -2.61. The summed E-state index contributed by atoms with van der Waals surface area (Å²) in [5.74, 6) is -0.474. The number of benzene rings is 2. The molecule has 0 bridgehead atoms. The number of anilines is 2. The third-order valence-electron chi connectivity index (χ3n) is 4.39. The van der Waals surface area contributed by atoms with Crippen LogP contribution in [-0.4, -0.2) is 11.6 Å². The summed E-state index contributed by atoms with van der Waals surface area (Å²) >= 11 is 1.29. The Bertz CT molecular complexity index is 955. The predicted octanol–water partition coefficient (Wildman–Crippen LogP) is 7.20. The molecular formula is C22H22F4N2OS. The van der Waals surface area contributed by atoms with Crippen molar-refractivity contribution in [3.63, 3.8) is 0 Å². The van der Waals surface area contributed by atoms with Crippen LogP contribution in [0.1, 0.15) is 43.0 Å². The lowest BCUT2D eigenvalue weighted by Crippen LogP contribution is -2.10. The molecular weight excluding hydrogens is 416 g/mol. The zero-order chi connectivity index (χ0) is 21.6. The molecule has 0 atom stereocenters. The summed E-state index contributed by atoms with van der Waals surface area (Å²) in [6.07, 6.45) is -1.42. The molecule has 0 aliphatic heterocycles. The van der Waals surface area contributed by atoms with Gasteiger partial charge in [0.25, 0.3) is 0 Å². The third kappa shape index (κ3) is 6.19. The van der Waals surface area contributed by atoms with Crippen molar-refractivity contribution in [3.8, 4) is 5.75 Å². The summed E-state index contributed by atoms with van der Waals surface area (Å²) in [5.41, 5.74) is 1.12. The fraction of sp³-hybridized carbons (Fsp3) is 0.318. The van der Waals surface area contributed by atoms with Gasteiger partial charge in [-0.15, -0.1) is 11.3 Å². The number of hydrogen-bond acceptors (Lipinski definition) is 4. The van der Waals surface area contributed by atoms with Crippen molar-refractivity contribution in [1.82, 2.24) is 4.98 Å². The van der Waals surface area contributed by atoms with Crippen LogP contribution in [0.2, 0.25) is 0 Å². The van der Waals surface area contributed by atoms with E-state index >= 15 is 0 Å². The minimum Gasteiger partial charge on any atom is -0.493 e. The second-order valence-electron chi connectivity index (χ2n) is 6.84. The van der Waals surface area contributed by atoms with Gasteiger partial charge in [-0.3, -0.25) is 0 Å². The van der Waals surface area contributed by atoms with Gasteiger partial charge in [0.15, 0.2) is 5.13 Å². The molecule has 8 heteroatoms. The van der Waals surface area contributed by atoms with Gasteiger partial charge in [0.1, 0.15) is 11.6 Å². The second kappa shape index (κ2) is 9.93. The van der Waals surface area contributed by atoms with Gasteiger partial charge < -0.3 is 10.1 Å². The van der Waals surface area contributed by atoms with E-state index in [2.05, 4.69) is 10.3 Å². The van der Waals surface area contributed by atoms with Crippen molar-refractivity contribution in [2.24, 2.45) is 0 Å². The first-order valence-corrected chi connectivity index (χ1v) is 10.5. The van der Waals surface area contributed by atoms with Crippen LogP contribution < -0.4 is 10.1 Å². The van der Waals surface area contributed by atoms with Crippen LogP contribution >= 0.6 is 11.3 Å². The van der Waals surface area contributed by atoms with Crippen molar-refractivity contribution < 1.29 is 22.3 Å². The van der Waals surface area contributed by atoms with Crippen molar-refractivity contribution in [3.05, 3.63) is 70.5 Å². The van der Waals surface area contributed by atoms with E-state index in [1.54, 1.807) is 18.2 Å². The van der Waals surface area contributed by atoms with Crippen molar-refractivity contribution >= 4 is 22.2 Å². The molecule has 160 valence electrons. The van der Waals surface area contributed by atoms with Crippen LogP contribution in [0.15, 0.2) is 47.8 Å². The fourth-order valence-corrected chi connectivity index (χ4v) is 3.60. The molecule has 1 aromatic heterocycles. The molecule has 2 aromatic carbocycles. The first kappa shape index (κ1) is 22.1. The van der Waals surface area contributed by atoms with E-state index in [0.29, 0.717) is 18.0 Å². The van der Waals surface area contributed by atoms with E-state index in [-0.39, 0.29) is 23.9 Å². The van der Waals surface area contributed by atoms with E-state index < -0.39 is 11.7 Å². The van der Waals surface area contributed by atoms with Crippen LogP contribution in [0.25, 0.3) is 0 Å². The molecule has 1 heterocycles. The summed E-state index contributed by atoms with van der Waals surface area (Å²) in [6, 6.07) is 10.0. The molecule has 30 heavy (non-hydrogen) atoms. The zero-order valence-electron chi connectivity index (χ0n) is 16.4. The van der Waals surface area contributed by atoms with E-state index in [0.717, 1.165) is 30.2 Å². The number of thiazole rings is 1. The number of ether oxygens (including phenoxy) is 1. The summed E-state index contributed by atoms with van der Waals surface area (Å²) in [6.45, 7) is 2.27. The predicted molar refractivity (Wildman–Crippen MR) is 111 cm³/mol. The minimum absolute atomic E-state index is 0.166. The second-order valence-corrected chi connectivity index (χ2v) is 7.69. The minimum atomic E-state index is -4.52. The van der Waals surface area contributed by atoms with Crippen molar-refractivity contribution in [1.29, 1.82) is 0 Å². The van der Waals surface area contributed by atoms with Crippen molar-refractivity contribution in [2.45, 2.75) is 38.8 Å². The van der Waals surface area contributed by atoms with Gasteiger partial charge in [0.05, 0.1) is 17.9 Å². The van der Waals surface area contributed by atoms with Gasteiger partial charge in [-0.05, 0) is 42.3 Å². The average molecular weight is 438 g/mol. The van der Waals surface area contributed by atoms with Gasteiger partial charge >= 0.3 is 6.18 Å². The Morgan fingerprint density at radius 1 is 1.07 bits per heavy atom. The Labute approximate surface area is 176 Å². The zero-order valence-corrected chi connectivity index (χ0v) is 17.2. The summed E-state index contributed by atoms with van der Waals surface area (Å²) in [7, 11) is 0. The molecule has 3 rings (SSSR count). The SMILES string of the molecule is CCCCCOc1ccc(Nc2nc(Cc3ccc(F)cc3)cs2)cc1C(F)(F)F. The Balaban J connectivity index is 1.70. The Morgan fingerprint density at radius 3 is 2.53 bits per heavy atom. The average Bonchev–Trinajstić information content (AvgIpc) is 3.14. The van der Waals surface area contributed by atoms with E-state index in [9.17, 15) is 17.6 Å². The molecule has 0 amide bonds. The lowest BCUT2D eigenvalue weighted by atomic mass is 10.1. The first-order chi connectivity index (χ1) is 14.3. The van der Waals surface area contributed by atoms with E-state index in [1.807, 2.05) is 12.3 Å². The number of halogens is 4. The number of nitrogens with zero attached hydrogens (tertiary/aromatic N) is 1. The molecule has 0 aliphatic carbocycles. The van der Waals surface area contributed by atoms with Crippen LogP contribution in [0.4, 0.5) is 28.4 Å². The lowest BCUT2D eigenvalue weighted by Gasteiger charge is -2.15. The number of aromatic nitrogens is 1. The largest absolute Gasteiger partial charge is 0.493 e. The highest BCUT2D eigenvalue weighted by Gasteiger charge is 2.34. The highest BCUT2D eigenvalue weighted by Crippen LogP contribution is 2.38. The van der Waals surface area contributed by atoms with Crippen molar-refractivity contribution in [2.75, 3.05) is 11.9 Å². The van der Waals surface area contributed by atoms with Crippen LogP contribution in [-0.2, 0) is 12.6 Å². The highest BCUT2D eigenvalue weighted by atomic mass is 32.1. The van der Waals surface area contributed by atoms with Crippen LogP contribution in [0.3, 0.4) is 0 Å². The van der Waals surface area contributed by atoms with Crippen LogP contribution in [0, 0.1) is 5.82 Å². The molecule has 3 nitrogen and oxygen atoms in total. The Kier molecular flexibility index (Phi) is 7.31. The van der Waals surface area contributed by atoms with E-state index in [4.69, 9.17) is 4.74 Å². The van der Waals surface area contributed by atoms with Gasteiger partial charge in [-0.2, -0.15) is 13.2 Å². The topological polar surface area (TPSA) is 34.1 Å². The van der Waals surface area contributed by atoms with Gasteiger partial charge in [0.2, 0.25) is 0 Å². The fourth-order valence-electron chi connectivity index (χ4n) is 2.87. The maximum Gasteiger partial charge on any atom is 0.420 e. The quantitative estimate of drug-likeness (QED) is 0.283. The molecule has 0 saturated heterocycles. The smallest absolute Gasteiger partial charge is 0.420 e. The van der Waals surface area contributed by atoms with E-state index in [1.165, 1.54) is 29.5 Å². The highest BCUT2D eigenvalue weighted by molar-refractivity contribution is 7.13. The van der Waals surface area contributed by atoms with Gasteiger partial charge in [-0.25, -0.2) is 9.37 Å². The lowest BCUT2D eigenvalue weighted by molar-refractivity contribution is -0.138. The maximum absolute atomic E-state index is 13.5. The normalized spacial score (nSPS) is 11.5. The number of unbranched alkanes of at least 4 members (excludes halogenated alkanes) is 2. The monoisotopic (exact) mass is 438 g/mol. The molecule has 0 fully saturated rings. The number of rotatable bonds is 9. The molecule has 0 saturated carbocycles. The number of alkyl halides is 3. The Morgan fingerprint density at radius 2 is 1.83 bits per heavy atom. The van der Waals surface area contributed by atoms with Crippen LogP contribution in [0.5, 0.6) is 5.75 Å². The summed E-state index contributed by atoms with van der Waals surface area (Å²) < 4.78 is 58.8. The summed E-state index contributed by atoms with van der Waals surface area (Å²) in [5, 5.41) is 5.23. The number of hydrogen-bond donors (Lipinski definition) is 1.